The molecular weight excluding hydrogens is 1010 g/mol. The van der Waals surface area contributed by atoms with E-state index in [0.717, 1.165) is 83.5 Å². The Morgan fingerprint density at radius 3 is 1.30 bits per heavy atom. The third-order valence-corrected chi connectivity index (χ3v) is 15.9. The number of ether oxygens (including phenoxy) is 3. The van der Waals surface area contributed by atoms with Gasteiger partial charge in [-0.05, 0) is 70.6 Å². The van der Waals surface area contributed by atoms with Gasteiger partial charge in [-0.2, -0.15) is 0 Å². The van der Waals surface area contributed by atoms with Gasteiger partial charge >= 0.3 is 5.97 Å². The molecule has 1 aliphatic rings. The molecule has 1 rings (SSSR count). The molecule has 8 unspecified atom stereocenters. The van der Waals surface area contributed by atoms with Gasteiger partial charge in [0.15, 0.2) is 12.4 Å². The quantitative estimate of drug-likeness (QED) is 0.0195. The highest BCUT2D eigenvalue weighted by Crippen LogP contribution is 2.26. The number of unbranched alkanes of at least 4 members (excludes halogenated alkanes) is 36. The SMILES string of the molecule is CCCCC/C=C\C/C=C\C/C=C\C/C=C\CCCCCCCCCCCCCC(=O)OC1C(OCC(NC(=O)C(O)CCCCCCCCCCCCCC)C(O)/C=C/CCCCCCCCCCCCC)OC(CO)C(O)C1O. The van der Waals surface area contributed by atoms with Crippen LogP contribution in [0.15, 0.2) is 60.8 Å². The molecule has 0 aromatic rings. The lowest BCUT2D eigenvalue weighted by Gasteiger charge is -2.41. The molecule has 0 aromatic heterocycles. The Kier molecular flexibility index (Phi) is 54.5. The summed E-state index contributed by atoms with van der Waals surface area (Å²) < 4.78 is 17.7. The smallest absolute Gasteiger partial charge is 0.306 e. The zero-order valence-corrected chi connectivity index (χ0v) is 52.4. The fourth-order valence-electron chi connectivity index (χ4n) is 10.5. The highest BCUT2D eigenvalue weighted by atomic mass is 16.7. The van der Waals surface area contributed by atoms with Gasteiger partial charge in [0.2, 0.25) is 5.91 Å². The molecule has 1 fully saturated rings. The van der Waals surface area contributed by atoms with E-state index in [1.54, 1.807) is 6.08 Å². The number of allylic oxidation sites excluding steroid dienone is 9. The number of esters is 1. The van der Waals surface area contributed by atoms with Crippen molar-refractivity contribution in [3.63, 3.8) is 0 Å². The van der Waals surface area contributed by atoms with Gasteiger partial charge in [-0.3, -0.25) is 9.59 Å². The average molecular weight is 1140 g/mol. The zero-order chi connectivity index (χ0) is 58.9. The Morgan fingerprint density at radius 1 is 0.481 bits per heavy atom. The number of hydrogen-bond acceptors (Lipinski definition) is 10. The van der Waals surface area contributed by atoms with Crippen molar-refractivity contribution in [3.05, 3.63) is 60.8 Å². The van der Waals surface area contributed by atoms with E-state index in [-0.39, 0.29) is 13.0 Å². The van der Waals surface area contributed by atoms with Crippen molar-refractivity contribution in [2.75, 3.05) is 13.2 Å². The first-order chi connectivity index (χ1) is 39.7. The number of aliphatic hydroxyl groups excluding tert-OH is 5. The summed E-state index contributed by atoms with van der Waals surface area (Å²) in [6, 6.07) is -1.02. The van der Waals surface area contributed by atoms with Crippen molar-refractivity contribution < 1.29 is 49.3 Å². The van der Waals surface area contributed by atoms with Crippen LogP contribution in [0.4, 0.5) is 0 Å². The van der Waals surface area contributed by atoms with Crippen molar-refractivity contribution in [3.8, 4) is 0 Å². The summed E-state index contributed by atoms with van der Waals surface area (Å²) in [6.07, 6.45) is 62.6. The van der Waals surface area contributed by atoms with E-state index in [2.05, 4.69) is 74.7 Å². The second-order valence-electron chi connectivity index (χ2n) is 23.6. The van der Waals surface area contributed by atoms with Crippen LogP contribution in [-0.4, -0.2) is 99.6 Å². The molecule has 6 N–H and O–H groups in total. The van der Waals surface area contributed by atoms with E-state index >= 15 is 0 Å². The van der Waals surface area contributed by atoms with Crippen LogP contribution in [0.3, 0.4) is 0 Å². The highest BCUT2D eigenvalue weighted by Gasteiger charge is 2.47. The third-order valence-electron chi connectivity index (χ3n) is 15.9. The van der Waals surface area contributed by atoms with Crippen molar-refractivity contribution in [2.45, 2.75) is 359 Å². The number of rotatable bonds is 58. The van der Waals surface area contributed by atoms with Gasteiger partial charge in [-0.15, -0.1) is 0 Å². The minimum absolute atomic E-state index is 0.120. The number of carbonyl (C=O) groups is 2. The summed E-state index contributed by atoms with van der Waals surface area (Å²) in [4.78, 5) is 26.6. The Bertz CT molecular complexity index is 1550. The Balaban J connectivity index is 2.56. The molecular formula is C70H127NO10. The number of amides is 1. The summed E-state index contributed by atoms with van der Waals surface area (Å²) in [5, 5.41) is 57.1. The Labute approximate surface area is 497 Å². The summed E-state index contributed by atoms with van der Waals surface area (Å²) in [5.74, 6) is -1.19. The minimum Gasteiger partial charge on any atom is -0.454 e. The largest absolute Gasteiger partial charge is 0.454 e. The molecule has 0 radical (unpaired) electrons. The molecule has 0 spiro atoms. The second kappa shape index (κ2) is 57.8. The monoisotopic (exact) mass is 1140 g/mol. The normalized spacial score (nSPS) is 19.0. The van der Waals surface area contributed by atoms with Gasteiger partial charge < -0.3 is 45.1 Å². The fourth-order valence-corrected chi connectivity index (χ4v) is 10.5. The standard InChI is InChI=1S/C70H127NO10/c1-4-7-10-13-16-19-22-25-26-27-28-29-30-31-32-33-34-35-36-37-38-40-43-46-49-52-55-58-65(75)81-68-67(77)66(76)64(59-72)80-70(68)79-60-61(62(73)56-53-50-47-44-42-39-23-20-17-14-11-8-5-2)71-69(78)63(74)57-54-51-48-45-41-24-21-18-15-12-9-6-3/h16,19,25-26,28-29,31-32,53,56,61-64,66-68,70,72-74,76-77H,4-15,17-18,20-24,27,30,33-52,54-55,57-60H2,1-3H3,(H,71,78)/b19-16-,26-25-,29-28-,32-31-,56-53+. The molecule has 1 amide bonds. The lowest BCUT2D eigenvalue weighted by atomic mass is 9.99. The molecule has 0 aromatic carbocycles. The van der Waals surface area contributed by atoms with Crippen LogP contribution < -0.4 is 5.32 Å². The first-order valence-corrected chi connectivity index (χ1v) is 34.1. The molecule has 11 heteroatoms. The fraction of sp³-hybridized carbons (Fsp3) is 0.829. The van der Waals surface area contributed by atoms with E-state index in [9.17, 15) is 35.1 Å². The van der Waals surface area contributed by atoms with E-state index in [1.165, 1.54) is 180 Å². The number of aliphatic hydroxyl groups is 5. The van der Waals surface area contributed by atoms with Gasteiger partial charge in [0.1, 0.15) is 24.4 Å². The van der Waals surface area contributed by atoms with Crippen molar-refractivity contribution in [2.24, 2.45) is 0 Å². The topological polar surface area (TPSA) is 175 Å². The van der Waals surface area contributed by atoms with Gasteiger partial charge in [0.25, 0.3) is 0 Å². The van der Waals surface area contributed by atoms with Crippen molar-refractivity contribution in [1.29, 1.82) is 0 Å². The van der Waals surface area contributed by atoms with E-state index in [4.69, 9.17) is 14.2 Å². The maximum atomic E-state index is 13.4. The molecule has 0 bridgehead atoms. The minimum atomic E-state index is -1.61. The number of carbonyl (C=O) groups excluding carboxylic acids is 2. The lowest BCUT2D eigenvalue weighted by Crippen LogP contribution is -2.61. The van der Waals surface area contributed by atoms with Gasteiger partial charge in [0.05, 0.1) is 25.4 Å². The number of nitrogens with one attached hydrogen (secondary N) is 1. The molecule has 1 heterocycles. The predicted octanol–water partition coefficient (Wildman–Crippen LogP) is 17.0. The van der Waals surface area contributed by atoms with Gasteiger partial charge in [-0.1, -0.05) is 293 Å². The van der Waals surface area contributed by atoms with Gasteiger partial charge in [0, 0.05) is 6.42 Å². The van der Waals surface area contributed by atoms with E-state index in [1.807, 2.05) is 6.08 Å². The molecule has 1 aliphatic heterocycles. The molecule has 1 saturated heterocycles. The molecule has 81 heavy (non-hydrogen) atoms. The van der Waals surface area contributed by atoms with Crippen LogP contribution >= 0.6 is 0 Å². The Morgan fingerprint density at radius 2 is 0.852 bits per heavy atom. The Hall–Kier alpha value is -2.64. The molecule has 0 saturated carbocycles. The highest BCUT2D eigenvalue weighted by molar-refractivity contribution is 5.80. The van der Waals surface area contributed by atoms with Crippen LogP contribution in [0.2, 0.25) is 0 Å². The van der Waals surface area contributed by atoms with Gasteiger partial charge in [-0.25, -0.2) is 0 Å². The van der Waals surface area contributed by atoms with E-state index < -0.39 is 67.4 Å². The van der Waals surface area contributed by atoms with E-state index in [0.29, 0.717) is 19.3 Å². The summed E-state index contributed by atoms with van der Waals surface area (Å²) in [7, 11) is 0. The van der Waals surface area contributed by atoms with Crippen LogP contribution in [0.5, 0.6) is 0 Å². The summed E-state index contributed by atoms with van der Waals surface area (Å²) in [5.41, 5.74) is 0. The predicted molar refractivity (Wildman–Crippen MR) is 338 cm³/mol. The summed E-state index contributed by atoms with van der Waals surface area (Å²) in [6.45, 7) is 5.78. The third kappa shape index (κ3) is 45.4. The van der Waals surface area contributed by atoms with Crippen LogP contribution in [0.1, 0.15) is 310 Å². The van der Waals surface area contributed by atoms with Crippen molar-refractivity contribution in [1.82, 2.24) is 5.32 Å². The molecule has 472 valence electrons. The second-order valence-corrected chi connectivity index (χ2v) is 23.6. The van der Waals surface area contributed by atoms with Crippen LogP contribution in [0.25, 0.3) is 0 Å². The molecule has 0 aliphatic carbocycles. The lowest BCUT2D eigenvalue weighted by molar-refractivity contribution is -0.305. The van der Waals surface area contributed by atoms with Crippen LogP contribution in [-0.2, 0) is 23.8 Å². The van der Waals surface area contributed by atoms with Crippen LogP contribution in [0, 0.1) is 0 Å². The number of hydrogen-bond donors (Lipinski definition) is 6. The average Bonchev–Trinajstić information content (AvgIpc) is 3.50. The maximum Gasteiger partial charge on any atom is 0.306 e. The van der Waals surface area contributed by atoms with Crippen molar-refractivity contribution >= 4 is 11.9 Å². The first kappa shape index (κ1) is 76.4. The maximum absolute atomic E-state index is 13.4. The zero-order valence-electron chi connectivity index (χ0n) is 52.4. The molecule has 8 atom stereocenters. The molecule has 11 nitrogen and oxygen atoms in total. The summed E-state index contributed by atoms with van der Waals surface area (Å²) >= 11 is 0. The first-order valence-electron chi connectivity index (χ1n) is 34.1.